The van der Waals surface area contributed by atoms with Crippen LogP contribution in [0.3, 0.4) is 0 Å². The Morgan fingerprint density at radius 3 is 2.58 bits per heavy atom. The Morgan fingerprint density at radius 1 is 1.03 bits per heavy atom. The molecule has 1 aliphatic rings. The van der Waals surface area contributed by atoms with E-state index in [1.807, 2.05) is 0 Å². The number of anilines is 1. The third-order valence-electron chi connectivity index (χ3n) is 5.42. The maximum Gasteiger partial charge on any atom is 0.269 e. The van der Waals surface area contributed by atoms with E-state index in [1.165, 1.54) is 6.07 Å². The molecule has 7 nitrogen and oxygen atoms in total. The molecule has 0 fully saturated rings. The van der Waals surface area contributed by atoms with Gasteiger partial charge in [-0.15, -0.1) is 0 Å². The second-order valence-corrected chi connectivity index (χ2v) is 7.50. The highest BCUT2D eigenvalue weighted by Gasteiger charge is 2.28. The number of aromatic nitrogens is 1. The van der Waals surface area contributed by atoms with Crippen LogP contribution in [0.15, 0.2) is 77.8 Å². The van der Waals surface area contributed by atoms with Gasteiger partial charge in [-0.25, -0.2) is 9.38 Å². The van der Waals surface area contributed by atoms with Crippen molar-refractivity contribution in [2.24, 2.45) is 4.99 Å². The predicted molar refractivity (Wildman–Crippen MR) is 123 cm³/mol. The minimum Gasteiger partial charge on any atom is -0.497 e. The summed E-state index contributed by atoms with van der Waals surface area (Å²) in [4.78, 5) is 33.4. The lowest BCUT2D eigenvalue weighted by Crippen LogP contribution is -2.42. The van der Waals surface area contributed by atoms with Crippen molar-refractivity contribution in [2.45, 2.75) is 6.17 Å². The zero-order chi connectivity index (χ0) is 22.9. The third kappa shape index (κ3) is 3.82. The van der Waals surface area contributed by atoms with Gasteiger partial charge in [-0.2, -0.15) is 0 Å². The van der Waals surface area contributed by atoms with Gasteiger partial charge in [-0.1, -0.05) is 30.3 Å². The van der Waals surface area contributed by atoms with Crippen LogP contribution in [0.5, 0.6) is 5.75 Å². The number of rotatable bonds is 4. The number of benzene rings is 3. The Morgan fingerprint density at radius 2 is 1.79 bits per heavy atom. The molecule has 1 aromatic heterocycles. The van der Waals surface area contributed by atoms with E-state index in [0.717, 1.165) is 10.9 Å². The second-order valence-electron chi connectivity index (χ2n) is 7.50. The van der Waals surface area contributed by atoms with E-state index in [9.17, 15) is 14.0 Å². The molecule has 0 saturated carbocycles. The highest BCUT2D eigenvalue weighted by Crippen LogP contribution is 2.25. The molecule has 0 saturated heterocycles. The molecule has 164 valence electrons. The molecular formula is C25H19FN4O3. The minimum absolute atomic E-state index is 0.235. The number of nitrogens with zero attached hydrogens (tertiary/aromatic N) is 1. The van der Waals surface area contributed by atoms with Gasteiger partial charge in [0.25, 0.3) is 11.8 Å². The first kappa shape index (κ1) is 20.4. The van der Waals surface area contributed by atoms with Crippen LogP contribution >= 0.6 is 0 Å². The molecule has 0 unspecified atom stereocenters. The summed E-state index contributed by atoms with van der Waals surface area (Å²) in [5, 5.41) is 6.20. The van der Waals surface area contributed by atoms with E-state index < -0.39 is 23.8 Å². The minimum atomic E-state index is -1.26. The van der Waals surface area contributed by atoms with Gasteiger partial charge in [0.1, 0.15) is 17.3 Å². The summed E-state index contributed by atoms with van der Waals surface area (Å²) in [6, 6.07) is 20.2. The molecule has 1 atom stereocenters. The van der Waals surface area contributed by atoms with Crippen molar-refractivity contribution in [3.05, 3.63) is 95.4 Å². The Kier molecular flexibility index (Phi) is 5.10. The lowest BCUT2D eigenvalue weighted by atomic mass is 10.0. The molecule has 0 radical (unpaired) electrons. The average molecular weight is 442 g/mol. The normalized spacial score (nSPS) is 15.3. The zero-order valence-electron chi connectivity index (χ0n) is 17.6. The highest BCUT2D eigenvalue weighted by atomic mass is 19.1. The molecule has 2 amide bonds. The summed E-state index contributed by atoms with van der Waals surface area (Å²) < 4.78 is 19.9. The van der Waals surface area contributed by atoms with Crippen molar-refractivity contribution >= 4 is 34.1 Å². The van der Waals surface area contributed by atoms with Crippen LogP contribution in [0, 0.1) is 5.82 Å². The average Bonchev–Trinajstić information content (AvgIpc) is 3.20. The van der Waals surface area contributed by atoms with Crippen LogP contribution < -0.4 is 15.4 Å². The van der Waals surface area contributed by atoms with E-state index in [1.54, 1.807) is 73.8 Å². The summed E-state index contributed by atoms with van der Waals surface area (Å²) in [6.45, 7) is 0. The number of carbonyl (C=O) groups is 2. The Labute approximate surface area is 188 Å². The number of aromatic amines is 1. The maximum atomic E-state index is 14.6. The quantitative estimate of drug-likeness (QED) is 0.448. The number of hydrogen-bond donors (Lipinski definition) is 3. The number of amides is 2. The molecule has 33 heavy (non-hydrogen) atoms. The second kappa shape index (κ2) is 8.23. The van der Waals surface area contributed by atoms with E-state index in [0.29, 0.717) is 17.0 Å². The first-order chi connectivity index (χ1) is 16.0. The smallest absolute Gasteiger partial charge is 0.269 e. The number of carbonyl (C=O) groups excluding carboxylic acids is 2. The summed E-state index contributed by atoms with van der Waals surface area (Å²) in [5.41, 5.74) is 2.56. The molecule has 2 heterocycles. The van der Waals surface area contributed by atoms with Crippen LogP contribution in [0.1, 0.15) is 21.6 Å². The summed E-state index contributed by atoms with van der Waals surface area (Å²) >= 11 is 0. The third-order valence-corrected chi connectivity index (χ3v) is 5.42. The van der Waals surface area contributed by atoms with Crippen molar-refractivity contribution in [2.75, 3.05) is 12.4 Å². The van der Waals surface area contributed by atoms with Gasteiger partial charge in [0.05, 0.1) is 18.5 Å². The molecule has 8 heteroatoms. The van der Waals surface area contributed by atoms with Gasteiger partial charge >= 0.3 is 0 Å². The maximum absolute atomic E-state index is 14.6. The Balaban J connectivity index is 1.52. The molecule has 4 aromatic rings. The molecule has 1 aliphatic heterocycles. The van der Waals surface area contributed by atoms with Gasteiger partial charge in [-0.05, 0) is 42.5 Å². The molecule has 5 rings (SSSR count). The van der Waals surface area contributed by atoms with Gasteiger partial charge in [-0.3, -0.25) is 9.59 Å². The largest absolute Gasteiger partial charge is 0.497 e. The topological polar surface area (TPSA) is 95.6 Å². The van der Waals surface area contributed by atoms with E-state index in [4.69, 9.17) is 4.74 Å². The lowest BCUT2D eigenvalue weighted by molar-refractivity contribution is -0.117. The van der Waals surface area contributed by atoms with Crippen molar-refractivity contribution in [3.8, 4) is 5.75 Å². The number of ether oxygens (including phenoxy) is 1. The fourth-order valence-corrected chi connectivity index (χ4v) is 3.78. The number of hydrogen-bond acceptors (Lipinski definition) is 4. The van der Waals surface area contributed by atoms with Crippen molar-refractivity contribution < 1.29 is 18.7 Å². The van der Waals surface area contributed by atoms with Gasteiger partial charge in [0, 0.05) is 22.0 Å². The van der Waals surface area contributed by atoms with Crippen molar-refractivity contribution in [1.29, 1.82) is 0 Å². The van der Waals surface area contributed by atoms with Crippen molar-refractivity contribution in [3.63, 3.8) is 0 Å². The molecule has 3 aromatic carbocycles. The number of aliphatic imine (C=N–C) groups is 1. The van der Waals surface area contributed by atoms with Gasteiger partial charge < -0.3 is 20.4 Å². The molecule has 0 aliphatic carbocycles. The van der Waals surface area contributed by atoms with E-state index in [2.05, 4.69) is 20.6 Å². The first-order valence-electron chi connectivity index (χ1n) is 10.2. The molecule has 0 spiro atoms. The molecule has 3 N–H and O–H groups in total. The number of methoxy groups -OCH3 is 1. The van der Waals surface area contributed by atoms with Crippen molar-refractivity contribution in [1.82, 2.24) is 10.3 Å². The summed E-state index contributed by atoms with van der Waals surface area (Å²) in [5.74, 6) is -0.864. The number of para-hydroxylation sites is 1. The standard InChI is InChI=1S/C25H19FN4O3/c1-33-15-10-11-19-14(12-15)13-21(27-19)24(31)30-23-25(32)28-20-9-5-3-7-17(20)22(29-23)16-6-2-4-8-18(16)26/h2-13,23,27H,1H3,(H,28,32)(H,30,31)/t23-/m1/s1. The van der Waals surface area contributed by atoms with E-state index in [-0.39, 0.29) is 17.0 Å². The van der Waals surface area contributed by atoms with Crippen LogP contribution in [0.2, 0.25) is 0 Å². The Bertz CT molecular complexity index is 1430. The van der Waals surface area contributed by atoms with Crippen LogP contribution in [-0.4, -0.2) is 35.8 Å². The number of fused-ring (bicyclic) bond motifs is 2. The fraction of sp³-hybridized carbons (Fsp3) is 0.0800. The van der Waals surface area contributed by atoms with Gasteiger partial charge in [0.15, 0.2) is 0 Å². The summed E-state index contributed by atoms with van der Waals surface area (Å²) in [7, 11) is 1.56. The van der Waals surface area contributed by atoms with Crippen LogP contribution in [0.4, 0.5) is 10.1 Å². The first-order valence-corrected chi connectivity index (χ1v) is 10.2. The monoisotopic (exact) mass is 442 g/mol. The van der Waals surface area contributed by atoms with Crippen LogP contribution in [0.25, 0.3) is 10.9 Å². The van der Waals surface area contributed by atoms with E-state index >= 15 is 0 Å². The van der Waals surface area contributed by atoms with Crippen LogP contribution in [-0.2, 0) is 4.79 Å². The number of H-pyrrole nitrogens is 1. The highest BCUT2D eigenvalue weighted by molar-refractivity contribution is 6.20. The fourth-order valence-electron chi connectivity index (χ4n) is 3.78. The summed E-state index contributed by atoms with van der Waals surface area (Å²) in [6.07, 6.45) is -1.26. The zero-order valence-corrected chi connectivity index (χ0v) is 17.6. The lowest BCUT2D eigenvalue weighted by Gasteiger charge is -2.13. The van der Waals surface area contributed by atoms with Gasteiger partial charge in [0.2, 0.25) is 6.17 Å². The molecular weight excluding hydrogens is 423 g/mol. The number of halogens is 1. The number of nitrogens with one attached hydrogen (secondary N) is 3. The number of benzodiazepines with no additional fused rings is 1. The Hall–Kier alpha value is -4.46. The molecule has 0 bridgehead atoms. The SMILES string of the molecule is COc1ccc2[nH]c(C(=O)N[C@H]3N=C(c4ccccc4F)c4ccccc4NC3=O)cc2c1. The predicted octanol–water partition coefficient (Wildman–Crippen LogP) is 3.86.